The van der Waals surface area contributed by atoms with Crippen molar-refractivity contribution in [3.63, 3.8) is 0 Å². The van der Waals surface area contributed by atoms with Crippen LogP contribution in [-0.4, -0.2) is 25.5 Å². The molecule has 0 aliphatic rings. The molecule has 0 fully saturated rings. The van der Waals surface area contributed by atoms with Crippen molar-refractivity contribution in [3.8, 4) is 0 Å². The Morgan fingerprint density at radius 3 is 2.17 bits per heavy atom. The van der Waals surface area contributed by atoms with Gasteiger partial charge in [-0.15, -0.1) is 0 Å². The van der Waals surface area contributed by atoms with Crippen LogP contribution in [-0.2, 0) is 6.42 Å². The molecule has 0 aliphatic heterocycles. The summed E-state index contributed by atoms with van der Waals surface area (Å²) >= 11 is 0. The SMILES string of the molecule is C(/C=C/c1ccccc1)=NCC/C=C/C=NCCc1ccccc1. The van der Waals surface area contributed by atoms with E-state index in [0.717, 1.165) is 25.9 Å². The number of aliphatic imine (C=N–C) groups is 2. The minimum absolute atomic E-state index is 0.799. The van der Waals surface area contributed by atoms with Gasteiger partial charge < -0.3 is 0 Å². The number of hydrogen-bond donors (Lipinski definition) is 0. The largest absolute Gasteiger partial charge is 0.293 e. The van der Waals surface area contributed by atoms with Crippen LogP contribution < -0.4 is 0 Å². The fourth-order valence-corrected chi connectivity index (χ4v) is 2.13. The molecule has 2 rings (SSSR count). The zero-order valence-electron chi connectivity index (χ0n) is 14.0. The molecule has 0 saturated heterocycles. The smallest absolute Gasteiger partial charge is 0.0429 e. The maximum atomic E-state index is 4.39. The van der Waals surface area contributed by atoms with Gasteiger partial charge in [0.2, 0.25) is 0 Å². The number of nitrogens with zero attached hydrogens (tertiary/aromatic N) is 2. The summed E-state index contributed by atoms with van der Waals surface area (Å²) in [6.07, 6.45) is 13.8. The summed E-state index contributed by atoms with van der Waals surface area (Å²) in [5.41, 5.74) is 2.52. The van der Waals surface area contributed by atoms with E-state index in [0.29, 0.717) is 0 Å². The molecule has 0 saturated carbocycles. The van der Waals surface area contributed by atoms with Crippen LogP contribution in [0.2, 0.25) is 0 Å². The Morgan fingerprint density at radius 1 is 0.708 bits per heavy atom. The lowest BCUT2D eigenvalue weighted by atomic mass is 10.2. The molecule has 0 N–H and O–H groups in total. The fourth-order valence-electron chi connectivity index (χ4n) is 2.13. The average molecular weight is 316 g/mol. The van der Waals surface area contributed by atoms with Crippen molar-refractivity contribution >= 4 is 18.5 Å². The Hall–Kier alpha value is -2.74. The van der Waals surface area contributed by atoms with E-state index < -0.39 is 0 Å². The second-order valence-electron chi connectivity index (χ2n) is 5.33. The molecular weight excluding hydrogens is 292 g/mol. The molecule has 2 nitrogen and oxygen atoms in total. The molecule has 0 bridgehead atoms. The first-order valence-electron chi connectivity index (χ1n) is 8.35. The molecule has 2 aromatic carbocycles. The molecular formula is C22H24N2. The summed E-state index contributed by atoms with van der Waals surface area (Å²) in [6.45, 7) is 1.63. The summed E-state index contributed by atoms with van der Waals surface area (Å²) in [7, 11) is 0. The molecule has 24 heavy (non-hydrogen) atoms. The highest BCUT2D eigenvalue weighted by molar-refractivity contribution is 5.78. The van der Waals surface area contributed by atoms with Gasteiger partial charge in [-0.3, -0.25) is 9.98 Å². The van der Waals surface area contributed by atoms with E-state index in [1.54, 1.807) is 0 Å². The maximum absolute atomic E-state index is 4.39. The second kappa shape index (κ2) is 11.8. The van der Waals surface area contributed by atoms with Gasteiger partial charge in [-0.2, -0.15) is 0 Å². The molecule has 2 aromatic rings. The third kappa shape index (κ3) is 8.04. The van der Waals surface area contributed by atoms with Crippen molar-refractivity contribution in [2.45, 2.75) is 12.8 Å². The Labute approximate surface area is 145 Å². The fraction of sp³-hybridized carbons (Fsp3) is 0.182. The number of allylic oxidation sites excluding steroid dienone is 2. The number of benzene rings is 2. The standard InChI is InChI=1S/C22H24N2/c1-4-11-21(12-5-1)15-10-19-23-17-8-3-9-18-24-20-16-22-13-6-2-7-14-22/h1-7,9-15,18-19H,8,16-17,20H2/b9-3+,15-10+,23-19?,24-18?. The maximum Gasteiger partial charge on any atom is 0.0429 e. The number of rotatable bonds is 9. The van der Waals surface area contributed by atoms with Crippen molar-refractivity contribution in [2.75, 3.05) is 13.1 Å². The van der Waals surface area contributed by atoms with Crippen molar-refractivity contribution in [3.05, 3.63) is 90.0 Å². The first-order chi connectivity index (χ1) is 11.9. The Balaban J connectivity index is 1.53. The molecule has 122 valence electrons. The van der Waals surface area contributed by atoms with Crippen LogP contribution in [0.15, 0.2) is 88.9 Å². The molecule has 0 amide bonds. The van der Waals surface area contributed by atoms with Crippen molar-refractivity contribution in [1.29, 1.82) is 0 Å². The van der Waals surface area contributed by atoms with E-state index in [1.807, 2.05) is 48.8 Å². The van der Waals surface area contributed by atoms with E-state index in [-0.39, 0.29) is 0 Å². The summed E-state index contributed by atoms with van der Waals surface area (Å²) in [4.78, 5) is 8.74. The first-order valence-corrected chi connectivity index (χ1v) is 8.35. The van der Waals surface area contributed by atoms with Crippen molar-refractivity contribution in [2.24, 2.45) is 9.98 Å². The summed E-state index contributed by atoms with van der Waals surface area (Å²) < 4.78 is 0. The van der Waals surface area contributed by atoms with Crippen molar-refractivity contribution in [1.82, 2.24) is 0 Å². The number of hydrogen-bond acceptors (Lipinski definition) is 2. The van der Waals surface area contributed by atoms with Gasteiger partial charge in [-0.25, -0.2) is 0 Å². The lowest BCUT2D eigenvalue weighted by Crippen LogP contribution is -1.88. The van der Waals surface area contributed by atoms with Crippen LogP contribution in [0.4, 0.5) is 0 Å². The van der Waals surface area contributed by atoms with Gasteiger partial charge in [0.1, 0.15) is 0 Å². The minimum atomic E-state index is 0.799. The highest BCUT2D eigenvalue weighted by Gasteiger charge is 1.87. The van der Waals surface area contributed by atoms with Crippen molar-refractivity contribution < 1.29 is 0 Å². The van der Waals surface area contributed by atoms with Gasteiger partial charge in [0.15, 0.2) is 0 Å². The van der Waals surface area contributed by atoms with E-state index >= 15 is 0 Å². The van der Waals surface area contributed by atoms with Gasteiger partial charge in [-0.1, -0.05) is 72.8 Å². The Kier molecular flexibility index (Phi) is 8.64. The third-order valence-electron chi connectivity index (χ3n) is 3.40. The highest BCUT2D eigenvalue weighted by atomic mass is 14.7. The quantitative estimate of drug-likeness (QED) is 0.458. The molecule has 0 aliphatic carbocycles. The molecule has 2 heteroatoms. The predicted molar refractivity (Wildman–Crippen MR) is 106 cm³/mol. The first kappa shape index (κ1) is 17.6. The molecule has 0 spiro atoms. The summed E-state index contributed by atoms with van der Waals surface area (Å²) in [5, 5.41) is 0. The third-order valence-corrected chi connectivity index (χ3v) is 3.40. The van der Waals surface area contributed by atoms with E-state index in [4.69, 9.17) is 0 Å². The van der Waals surface area contributed by atoms with Crippen LogP contribution in [0.25, 0.3) is 6.08 Å². The molecule has 0 aromatic heterocycles. The van der Waals surface area contributed by atoms with Gasteiger partial charge in [0.25, 0.3) is 0 Å². The lowest BCUT2D eigenvalue weighted by molar-refractivity contribution is 0.973. The van der Waals surface area contributed by atoms with Crippen LogP contribution in [0.1, 0.15) is 17.5 Å². The zero-order chi connectivity index (χ0) is 16.7. The molecule has 0 radical (unpaired) electrons. The van der Waals surface area contributed by atoms with Gasteiger partial charge >= 0.3 is 0 Å². The van der Waals surface area contributed by atoms with Crippen LogP contribution in [0.5, 0.6) is 0 Å². The summed E-state index contributed by atoms with van der Waals surface area (Å²) in [5.74, 6) is 0. The predicted octanol–water partition coefficient (Wildman–Crippen LogP) is 5.03. The topological polar surface area (TPSA) is 24.7 Å². The summed E-state index contributed by atoms with van der Waals surface area (Å²) in [6, 6.07) is 20.7. The monoisotopic (exact) mass is 316 g/mol. The van der Waals surface area contributed by atoms with E-state index in [9.17, 15) is 0 Å². The lowest BCUT2D eigenvalue weighted by Gasteiger charge is -1.95. The van der Waals surface area contributed by atoms with E-state index in [1.165, 1.54) is 11.1 Å². The second-order valence-corrected chi connectivity index (χ2v) is 5.33. The van der Waals surface area contributed by atoms with Gasteiger partial charge in [0.05, 0.1) is 0 Å². The highest BCUT2D eigenvalue weighted by Crippen LogP contribution is 2.00. The van der Waals surface area contributed by atoms with Crippen LogP contribution in [0, 0.1) is 0 Å². The van der Waals surface area contributed by atoms with E-state index in [2.05, 4.69) is 58.5 Å². The zero-order valence-corrected chi connectivity index (χ0v) is 14.0. The Bertz CT molecular complexity index is 668. The van der Waals surface area contributed by atoms with Crippen LogP contribution >= 0.6 is 0 Å². The van der Waals surface area contributed by atoms with Gasteiger partial charge in [0, 0.05) is 25.5 Å². The Morgan fingerprint density at radius 2 is 1.38 bits per heavy atom. The van der Waals surface area contributed by atoms with Gasteiger partial charge in [-0.05, 0) is 36.1 Å². The minimum Gasteiger partial charge on any atom is -0.293 e. The molecule has 0 atom stereocenters. The molecule has 0 unspecified atom stereocenters. The molecule has 0 heterocycles. The van der Waals surface area contributed by atoms with Crippen LogP contribution in [0.3, 0.4) is 0 Å². The normalized spacial score (nSPS) is 12.2. The average Bonchev–Trinajstić information content (AvgIpc) is 2.64.